The van der Waals surface area contributed by atoms with Crippen LogP contribution in [0.2, 0.25) is 0 Å². The SMILES string of the molecule is COc1ccc(CCNC(=NCC(=O)N(C)C)NC2CCC(OC(C)C)CC2)cc1.I. The zero-order valence-corrected chi connectivity index (χ0v) is 21.8. The monoisotopic (exact) mass is 546 g/mol. The molecule has 1 aliphatic rings. The lowest BCUT2D eigenvalue weighted by Crippen LogP contribution is -2.46. The number of rotatable bonds is 9. The standard InChI is InChI=1S/C23H38N4O3.HI/c1-17(2)30-21-12-8-19(9-13-21)26-23(25-16-22(28)27(3)4)24-15-14-18-6-10-20(29-5)11-7-18;/h6-7,10-11,17,19,21H,8-9,12-16H2,1-5H3,(H2,24,25,26);1H. The molecule has 1 aliphatic carbocycles. The molecule has 1 aromatic rings. The maximum Gasteiger partial charge on any atom is 0.243 e. The largest absolute Gasteiger partial charge is 0.497 e. The molecule has 2 rings (SSSR count). The fourth-order valence-electron chi connectivity index (χ4n) is 3.48. The number of nitrogens with zero attached hydrogens (tertiary/aromatic N) is 2. The Balaban J connectivity index is 0.00000480. The van der Waals surface area contributed by atoms with Crippen molar-refractivity contribution >= 4 is 35.8 Å². The van der Waals surface area contributed by atoms with Crippen LogP contribution in [0.4, 0.5) is 0 Å². The first-order chi connectivity index (χ1) is 14.4. The summed E-state index contributed by atoms with van der Waals surface area (Å²) in [5.74, 6) is 1.54. The highest BCUT2D eigenvalue weighted by Gasteiger charge is 2.23. The van der Waals surface area contributed by atoms with Crippen LogP contribution in [0.15, 0.2) is 29.3 Å². The lowest BCUT2D eigenvalue weighted by molar-refractivity contribution is -0.127. The molecule has 1 fully saturated rings. The van der Waals surface area contributed by atoms with Gasteiger partial charge in [0.1, 0.15) is 12.3 Å². The molecule has 0 bridgehead atoms. The molecule has 7 nitrogen and oxygen atoms in total. The summed E-state index contributed by atoms with van der Waals surface area (Å²) in [7, 11) is 5.17. The van der Waals surface area contributed by atoms with Crippen molar-refractivity contribution in [2.75, 3.05) is 34.3 Å². The Hall–Kier alpha value is -1.55. The van der Waals surface area contributed by atoms with Crippen LogP contribution in [0.3, 0.4) is 0 Å². The molecule has 0 radical (unpaired) electrons. The second kappa shape index (κ2) is 14.5. The third kappa shape index (κ3) is 10.5. The number of methoxy groups -OCH3 is 1. The molecule has 0 aliphatic heterocycles. The van der Waals surface area contributed by atoms with Gasteiger partial charge in [-0.2, -0.15) is 0 Å². The molecule has 0 heterocycles. The van der Waals surface area contributed by atoms with Crippen LogP contribution in [0.25, 0.3) is 0 Å². The molecule has 0 spiro atoms. The molecular formula is C23H39IN4O3. The van der Waals surface area contributed by atoms with Crippen LogP contribution < -0.4 is 15.4 Å². The highest BCUT2D eigenvalue weighted by Crippen LogP contribution is 2.22. The van der Waals surface area contributed by atoms with E-state index in [9.17, 15) is 4.79 Å². The molecular weight excluding hydrogens is 507 g/mol. The van der Waals surface area contributed by atoms with Crippen LogP contribution in [-0.4, -0.2) is 69.3 Å². The normalized spacial score (nSPS) is 18.8. The molecule has 176 valence electrons. The van der Waals surface area contributed by atoms with Gasteiger partial charge in [0.25, 0.3) is 0 Å². The van der Waals surface area contributed by atoms with Crippen molar-refractivity contribution in [1.29, 1.82) is 0 Å². The molecule has 2 N–H and O–H groups in total. The Morgan fingerprint density at radius 1 is 1.16 bits per heavy atom. The zero-order chi connectivity index (χ0) is 21.9. The molecule has 1 aromatic carbocycles. The topological polar surface area (TPSA) is 75.2 Å². The number of hydrogen-bond acceptors (Lipinski definition) is 4. The maximum atomic E-state index is 12.0. The van der Waals surface area contributed by atoms with Gasteiger partial charge < -0.3 is 25.0 Å². The van der Waals surface area contributed by atoms with Gasteiger partial charge in [-0.1, -0.05) is 12.1 Å². The average Bonchev–Trinajstić information content (AvgIpc) is 2.73. The van der Waals surface area contributed by atoms with Crippen molar-refractivity contribution in [2.24, 2.45) is 4.99 Å². The number of hydrogen-bond donors (Lipinski definition) is 2. The fraction of sp³-hybridized carbons (Fsp3) is 0.652. The third-order valence-electron chi connectivity index (χ3n) is 5.22. The van der Waals surface area contributed by atoms with E-state index in [0.717, 1.165) is 44.4 Å². The van der Waals surface area contributed by atoms with Crippen molar-refractivity contribution in [3.63, 3.8) is 0 Å². The Kier molecular flexibility index (Phi) is 12.9. The molecule has 1 amide bonds. The van der Waals surface area contributed by atoms with E-state index >= 15 is 0 Å². The molecule has 0 atom stereocenters. The Bertz CT molecular complexity index is 672. The van der Waals surface area contributed by atoms with Crippen molar-refractivity contribution in [3.8, 4) is 5.75 Å². The van der Waals surface area contributed by atoms with Gasteiger partial charge in [-0.05, 0) is 63.6 Å². The van der Waals surface area contributed by atoms with Crippen LogP contribution in [0.1, 0.15) is 45.1 Å². The first-order valence-electron chi connectivity index (χ1n) is 10.9. The quantitative estimate of drug-likeness (QED) is 0.283. The van der Waals surface area contributed by atoms with E-state index < -0.39 is 0 Å². The van der Waals surface area contributed by atoms with E-state index in [-0.39, 0.29) is 42.5 Å². The lowest BCUT2D eigenvalue weighted by Gasteiger charge is -2.31. The van der Waals surface area contributed by atoms with Gasteiger partial charge in [0.05, 0.1) is 19.3 Å². The summed E-state index contributed by atoms with van der Waals surface area (Å²) >= 11 is 0. The van der Waals surface area contributed by atoms with E-state index in [2.05, 4.69) is 41.6 Å². The van der Waals surface area contributed by atoms with E-state index in [1.807, 2.05) is 12.1 Å². The van der Waals surface area contributed by atoms with Crippen LogP contribution in [0, 0.1) is 0 Å². The highest BCUT2D eigenvalue weighted by molar-refractivity contribution is 14.0. The molecule has 0 aromatic heterocycles. The van der Waals surface area contributed by atoms with Crippen LogP contribution in [0.5, 0.6) is 5.75 Å². The van der Waals surface area contributed by atoms with E-state index in [1.165, 1.54) is 5.56 Å². The number of aliphatic imine (C=N–C) groups is 1. The maximum absolute atomic E-state index is 12.0. The smallest absolute Gasteiger partial charge is 0.243 e. The van der Waals surface area contributed by atoms with Crippen molar-refractivity contribution in [2.45, 2.75) is 64.2 Å². The van der Waals surface area contributed by atoms with Crippen molar-refractivity contribution in [1.82, 2.24) is 15.5 Å². The highest BCUT2D eigenvalue weighted by atomic mass is 127. The Labute approximate surface area is 204 Å². The Morgan fingerprint density at radius 3 is 2.35 bits per heavy atom. The summed E-state index contributed by atoms with van der Waals surface area (Å²) in [5.41, 5.74) is 1.22. The first kappa shape index (κ1) is 27.5. The molecule has 0 saturated heterocycles. The molecule has 1 saturated carbocycles. The van der Waals surface area contributed by atoms with Gasteiger partial charge in [-0.15, -0.1) is 24.0 Å². The molecule has 0 unspecified atom stereocenters. The van der Waals surface area contributed by atoms with Gasteiger partial charge in [-0.25, -0.2) is 4.99 Å². The third-order valence-corrected chi connectivity index (χ3v) is 5.22. The van der Waals surface area contributed by atoms with E-state index in [4.69, 9.17) is 9.47 Å². The number of carbonyl (C=O) groups excluding carboxylic acids is 1. The summed E-state index contributed by atoms with van der Waals surface area (Å²) in [6.07, 6.45) is 5.66. The minimum absolute atomic E-state index is 0. The predicted octanol–water partition coefficient (Wildman–Crippen LogP) is 3.22. The van der Waals surface area contributed by atoms with Gasteiger partial charge in [-0.3, -0.25) is 4.79 Å². The van der Waals surface area contributed by atoms with Gasteiger partial charge in [0, 0.05) is 26.7 Å². The number of halogens is 1. The number of likely N-dealkylation sites (N-methyl/N-ethyl adjacent to an activating group) is 1. The van der Waals surface area contributed by atoms with Crippen LogP contribution in [-0.2, 0) is 16.0 Å². The van der Waals surface area contributed by atoms with Gasteiger partial charge in [0.2, 0.25) is 5.91 Å². The minimum Gasteiger partial charge on any atom is -0.497 e. The van der Waals surface area contributed by atoms with E-state index in [0.29, 0.717) is 18.1 Å². The number of ether oxygens (including phenoxy) is 2. The van der Waals surface area contributed by atoms with Gasteiger partial charge in [0.15, 0.2) is 5.96 Å². The summed E-state index contributed by atoms with van der Waals surface area (Å²) in [6.45, 7) is 5.05. The number of amides is 1. The predicted molar refractivity (Wildman–Crippen MR) is 137 cm³/mol. The second-order valence-corrected chi connectivity index (χ2v) is 8.28. The van der Waals surface area contributed by atoms with E-state index in [1.54, 1.807) is 26.1 Å². The number of carbonyl (C=O) groups is 1. The number of benzene rings is 1. The van der Waals surface area contributed by atoms with Gasteiger partial charge >= 0.3 is 0 Å². The zero-order valence-electron chi connectivity index (χ0n) is 19.5. The summed E-state index contributed by atoms with van der Waals surface area (Å²) in [4.78, 5) is 18.1. The summed E-state index contributed by atoms with van der Waals surface area (Å²) in [6, 6.07) is 8.41. The fourth-order valence-corrected chi connectivity index (χ4v) is 3.48. The molecule has 8 heteroatoms. The minimum atomic E-state index is -0.0136. The average molecular weight is 546 g/mol. The summed E-state index contributed by atoms with van der Waals surface area (Å²) in [5, 5.41) is 6.91. The number of nitrogens with one attached hydrogen (secondary N) is 2. The second-order valence-electron chi connectivity index (χ2n) is 8.28. The van der Waals surface area contributed by atoms with Crippen molar-refractivity contribution in [3.05, 3.63) is 29.8 Å². The molecule has 31 heavy (non-hydrogen) atoms. The lowest BCUT2D eigenvalue weighted by atomic mass is 9.93. The number of guanidine groups is 1. The van der Waals surface area contributed by atoms with Crippen molar-refractivity contribution < 1.29 is 14.3 Å². The van der Waals surface area contributed by atoms with Crippen LogP contribution >= 0.6 is 24.0 Å². The summed E-state index contributed by atoms with van der Waals surface area (Å²) < 4.78 is 11.2. The Morgan fingerprint density at radius 2 is 1.81 bits per heavy atom. The first-order valence-corrected chi connectivity index (χ1v) is 10.9.